The van der Waals surface area contributed by atoms with Crippen LogP contribution in [0.4, 0.5) is 0 Å². The van der Waals surface area contributed by atoms with Crippen molar-refractivity contribution in [2.75, 3.05) is 0 Å². The Hall–Kier alpha value is -3.02. The van der Waals surface area contributed by atoms with E-state index in [-0.39, 0.29) is 16.4 Å². The number of pyridine rings is 1. The lowest BCUT2D eigenvalue weighted by Gasteiger charge is -2.30. The van der Waals surface area contributed by atoms with Gasteiger partial charge in [-0.15, -0.1) is 0 Å². The Balaban J connectivity index is 1.56. The van der Waals surface area contributed by atoms with Crippen molar-refractivity contribution in [2.45, 2.75) is 56.9 Å². The molecule has 0 saturated heterocycles. The summed E-state index contributed by atoms with van der Waals surface area (Å²) in [5, 5.41) is 0.822. The first-order valence-corrected chi connectivity index (χ1v) is 14.5. The molecule has 4 aromatic rings. The second-order valence-electron chi connectivity index (χ2n) is 10.0. The highest BCUT2D eigenvalue weighted by Gasteiger charge is 2.58. The minimum atomic E-state index is -3.81. The van der Waals surface area contributed by atoms with E-state index in [0.717, 1.165) is 54.2 Å². The fraction of sp³-hybridized carbons (Fsp3) is 0.323. The van der Waals surface area contributed by atoms with Crippen LogP contribution in [0.3, 0.4) is 0 Å². The molecule has 0 spiro atoms. The zero-order chi connectivity index (χ0) is 25.2. The van der Waals surface area contributed by atoms with Crippen LogP contribution in [0.5, 0.6) is 0 Å². The summed E-state index contributed by atoms with van der Waals surface area (Å²) in [5.74, 6) is 0.523. The minimum absolute atomic E-state index is 0.0654. The number of hydrogen-bond donors (Lipinski definition) is 1. The van der Waals surface area contributed by atoms with Gasteiger partial charge in [0.1, 0.15) is 4.90 Å². The lowest BCUT2D eigenvalue weighted by molar-refractivity contribution is 0.309. The number of nitrogens with one attached hydrogen (secondary N) is 1. The highest BCUT2D eigenvalue weighted by atomic mass is 32.2. The molecular formula is C31H34N2O2S. The van der Waals surface area contributed by atoms with Gasteiger partial charge in [-0.2, -0.15) is 0 Å². The maximum Gasteiger partial charge on any atom is 0.243 e. The van der Waals surface area contributed by atoms with Crippen LogP contribution in [0.1, 0.15) is 57.6 Å². The number of hydrogen-bond acceptors (Lipinski definition) is 3. The van der Waals surface area contributed by atoms with Gasteiger partial charge in [0, 0.05) is 11.6 Å². The van der Waals surface area contributed by atoms with E-state index in [1.165, 1.54) is 0 Å². The van der Waals surface area contributed by atoms with E-state index in [4.69, 9.17) is 0 Å². The van der Waals surface area contributed by atoms with Crippen LogP contribution in [0, 0.1) is 11.3 Å². The molecule has 0 unspecified atom stereocenters. The first-order chi connectivity index (χ1) is 17.5. The molecule has 4 nitrogen and oxygen atoms in total. The van der Waals surface area contributed by atoms with E-state index in [1.54, 1.807) is 18.3 Å². The quantitative estimate of drug-likeness (QED) is 0.246. The molecule has 1 saturated carbocycles. The van der Waals surface area contributed by atoms with Crippen LogP contribution in [-0.4, -0.2) is 13.4 Å². The van der Waals surface area contributed by atoms with Gasteiger partial charge in [0.2, 0.25) is 10.0 Å². The molecule has 1 aliphatic rings. The van der Waals surface area contributed by atoms with Gasteiger partial charge in [-0.1, -0.05) is 106 Å². The van der Waals surface area contributed by atoms with Gasteiger partial charge < -0.3 is 0 Å². The fourth-order valence-corrected chi connectivity index (χ4v) is 7.43. The third-order valence-electron chi connectivity index (χ3n) is 7.72. The highest BCUT2D eigenvalue weighted by Crippen LogP contribution is 2.65. The summed E-state index contributed by atoms with van der Waals surface area (Å²) in [5.41, 5.74) is 3.75. The van der Waals surface area contributed by atoms with E-state index in [2.05, 4.69) is 60.0 Å². The summed E-state index contributed by atoms with van der Waals surface area (Å²) in [4.78, 5) is 4.65. The van der Waals surface area contributed by atoms with Crippen LogP contribution in [0.2, 0.25) is 0 Å². The average Bonchev–Trinajstić information content (AvgIpc) is 3.60. The van der Waals surface area contributed by atoms with E-state index < -0.39 is 10.0 Å². The Labute approximate surface area is 214 Å². The van der Waals surface area contributed by atoms with E-state index in [0.29, 0.717) is 11.4 Å². The lowest BCUT2D eigenvalue weighted by atomic mass is 9.83. The molecule has 3 aromatic carbocycles. The summed E-state index contributed by atoms with van der Waals surface area (Å²) in [6.45, 7) is 4.41. The monoisotopic (exact) mass is 498 g/mol. The molecule has 3 atom stereocenters. The number of rotatable bonds is 10. The van der Waals surface area contributed by atoms with Crippen molar-refractivity contribution in [2.24, 2.45) is 11.3 Å². The first-order valence-electron chi connectivity index (χ1n) is 13.0. The maximum absolute atomic E-state index is 13.9. The molecule has 36 heavy (non-hydrogen) atoms. The number of benzene rings is 3. The Bertz CT molecular complexity index is 1430. The Morgan fingerprint density at radius 2 is 1.61 bits per heavy atom. The largest absolute Gasteiger partial charge is 0.255 e. The minimum Gasteiger partial charge on any atom is -0.255 e. The molecule has 186 valence electrons. The molecule has 0 amide bonds. The van der Waals surface area contributed by atoms with Crippen molar-refractivity contribution in [1.29, 1.82) is 0 Å². The van der Waals surface area contributed by atoms with Crippen LogP contribution in [-0.2, 0) is 10.0 Å². The van der Waals surface area contributed by atoms with Gasteiger partial charge in [-0.05, 0) is 53.0 Å². The Morgan fingerprint density at radius 1 is 0.889 bits per heavy atom. The molecule has 0 bridgehead atoms. The van der Waals surface area contributed by atoms with E-state index >= 15 is 0 Å². The zero-order valence-electron chi connectivity index (χ0n) is 21.0. The summed E-state index contributed by atoms with van der Waals surface area (Å²) in [7, 11) is -3.81. The zero-order valence-corrected chi connectivity index (χ0v) is 21.8. The third-order valence-corrected chi connectivity index (χ3v) is 9.17. The van der Waals surface area contributed by atoms with Gasteiger partial charge in [0.25, 0.3) is 0 Å². The summed E-state index contributed by atoms with van der Waals surface area (Å²) < 4.78 is 31.0. The topological polar surface area (TPSA) is 59.1 Å². The second-order valence-corrected chi connectivity index (χ2v) is 11.7. The molecule has 5 rings (SSSR count). The standard InChI is InChI=1S/C31H34N2O2S/c1-3-10-27-22-31(27,20-4-2)30(26-18-16-24(17-19-26)23-11-6-5-7-12-23)33-36(34,35)28-15-8-13-25-14-9-21-32-29(25)28/h5-9,11-19,21,27,30,33H,3-4,10,20,22H2,1-2H3/t27-,30+,31-/m1/s1. The first kappa shape index (κ1) is 24.7. The number of sulfonamides is 1. The Kier molecular flexibility index (Phi) is 6.96. The van der Waals surface area contributed by atoms with Gasteiger partial charge in [0.15, 0.2) is 0 Å². The molecule has 1 aliphatic carbocycles. The van der Waals surface area contributed by atoms with E-state index in [1.807, 2.05) is 36.4 Å². The Morgan fingerprint density at radius 3 is 2.33 bits per heavy atom. The molecule has 5 heteroatoms. The van der Waals surface area contributed by atoms with Crippen molar-refractivity contribution >= 4 is 20.9 Å². The number of para-hydroxylation sites is 1. The number of nitrogens with zero attached hydrogens (tertiary/aromatic N) is 1. The number of fused-ring (bicyclic) bond motifs is 1. The van der Waals surface area contributed by atoms with Crippen LogP contribution >= 0.6 is 0 Å². The second kappa shape index (κ2) is 10.2. The molecular weight excluding hydrogens is 464 g/mol. The van der Waals surface area contributed by atoms with Gasteiger partial charge >= 0.3 is 0 Å². The van der Waals surface area contributed by atoms with Crippen LogP contribution in [0.25, 0.3) is 22.0 Å². The normalized spacial score (nSPS) is 20.3. The van der Waals surface area contributed by atoms with E-state index in [9.17, 15) is 8.42 Å². The summed E-state index contributed by atoms with van der Waals surface area (Å²) in [6, 6.07) is 27.5. The maximum atomic E-state index is 13.9. The smallest absolute Gasteiger partial charge is 0.243 e. The SMILES string of the molecule is CCC[C@@H]1C[C@@]1(CCC)[C@@H](NS(=O)(=O)c1cccc2cccnc12)c1ccc(-c2ccccc2)cc1. The summed E-state index contributed by atoms with van der Waals surface area (Å²) in [6.07, 6.45) is 6.95. The molecule has 1 aromatic heterocycles. The summed E-state index contributed by atoms with van der Waals surface area (Å²) >= 11 is 0. The highest BCUT2D eigenvalue weighted by molar-refractivity contribution is 7.89. The lowest BCUT2D eigenvalue weighted by Crippen LogP contribution is -2.35. The van der Waals surface area contributed by atoms with Crippen molar-refractivity contribution in [3.8, 4) is 11.1 Å². The molecule has 1 N–H and O–H groups in total. The van der Waals surface area contributed by atoms with Crippen molar-refractivity contribution < 1.29 is 8.42 Å². The molecule has 0 aliphatic heterocycles. The fourth-order valence-electron chi connectivity index (χ4n) is 5.93. The molecule has 0 radical (unpaired) electrons. The predicted molar refractivity (Wildman–Crippen MR) is 147 cm³/mol. The third kappa shape index (κ3) is 4.70. The van der Waals surface area contributed by atoms with Crippen molar-refractivity contribution in [1.82, 2.24) is 9.71 Å². The molecule has 1 fully saturated rings. The number of aromatic nitrogens is 1. The molecule has 1 heterocycles. The average molecular weight is 499 g/mol. The van der Waals surface area contributed by atoms with Crippen molar-refractivity contribution in [3.05, 3.63) is 96.7 Å². The van der Waals surface area contributed by atoms with Crippen LogP contribution < -0.4 is 4.72 Å². The van der Waals surface area contributed by atoms with Crippen LogP contribution in [0.15, 0.2) is 96.0 Å². The van der Waals surface area contributed by atoms with Gasteiger partial charge in [0.05, 0.1) is 11.6 Å². The van der Waals surface area contributed by atoms with Gasteiger partial charge in [-0.25, -0.2) is 13.1 Å². The van der Waals surface area contributed by atoms with Crippen molar-refractivity contribution in [3.63, 3.8) is 0 Å². The van der Waals surface area contributed by atoms with Gasteiger partial charge in [-0.3, -0.25) is 4.98 Å². The predicted octanol–water partition coefficient (Wildman–Crippen LogP) is 7.53.